The van der Waals surface area contributed by atoms with Gasteiger partial charge in [0.2, 0.25) is 0 Å². The fourth-order valence-corrected chi connectivity index (χ4v) is 4.16. The molecule has 3 rings (SSSR count). The van der Waals surface area contributed by atoms with E-state index in [1.165, 1.54) is 0 Å². The lowest BCUT2D eigenvalue weighted by molar-refractivity contribution is -0.00800. The Balaban J connectivity index is 1.77. The van der Waals surface area contributed by atoms with Crippen LogP contribution in [-0.4, -0.2) is 27.1 Å². The summed E-state index contributed by atoms with van der Waals surface area (Å²) < 4.78 is 12.2. The molecule has 29 heavy (non-hydrogen) atoms. The lowest BCUT2D eigenvalue weighted by Crippen LogP contribution is -2.48. The normalized spacial score (nSPS) is 19.9. The van der Waals surface area contributed by atoms with E-state index in [4.69, 9.17) is 9.47 Å². The number of alkyl halides is 1. The number of benzene rings is 2. The molecule has 5 heteroatoms. The maximum absolute atomic E-state index is 13.1. The number of halogens is 1. The predicted octanol–water partition coefficient (Wildman–Crippen LogP) is 6.10. The van der Waals surface area contributed by atoms with Crippen molar-refractivity contribution in [1.82, 2.24) is 4.90 Å². The lowest BCUT2D eigenvalue weighted by atomic mass is 9.97. The van der Waals surface area contributed by atoms with Crippen LogP contribution in [0.3, 0.4) is 0 Å². The lowest BCUT2D eigenvalue weighted by Gasteiger charge is -2.39. The molecule has 1 aliphatic rings. The highest BCUT2D eigenvalue weighted by molar-refractivity contribution is 14.1. The number of carbonyl (C=O) groups is 1. The molecule has 2 aromatic carbocycles. The Morgan fingerprint density at radius 1 is 1.14 bits per heavy atom. The van der Waals surface area contributed by atoms with Gasteiger partial charge in [-0.3, -0.25) is 4.90 Å². The zero-order valence-electron chi connectivity index (χ0n) is 16.8. The van der Waals surface area contributed by atoms with Crippen molar-refractivity contribution in [3.05, 3.63) is 84.1 Å². The smallest absolute Gasteiger partial charge is 0.410 e. The first kappa shape index (κ1) is 21.7. The number of amides is 1. The number of hydrogen-bond acceptors (Lipinski definition) is 3. The standard InChI is InChI=1S/C24H28INO3/c1-3-22(23-15-14-21(25)18(2)29-23)26(16-19-10-6-4-7-11-19)24(27)28-17-20-12-8-5-9-13-20/h4-13,21-23H,2-3,14-17H2,1H3/t21?,22-,23-/m0/s1. The van der Waals surface area contributed by atoms with E-state index in [9.17, 15) is 4.79 Å². The molecular formula is C24H28INO3. The van der Waals surface area contributed by atoms with Gasteiger partial charge in [-0.05, 0) is 30.4 Å². The molecule has 1 aliphatic heterocycles. The molecule has 1 heterocycles. The summed E-state index contributed by atoms with van der Waals surface area (Å²) in [5.74, 6) is 0.803. The van der Waals surface area contributed by atoms with Gasteiger partial charge in [0, 0.05) is 6.54 Å². The van der Waals surface area contributed by atoms with Crippen molar-refractivity contribution < 1.29 is 14.3 Å². The van der Waals surface area contributed by atoms with Gasteiger partial charge in [-0.2, -0.15) is 0 Å². The summed E-state index contributed by atoms with van der Waals surface area (Å²) in [6, 6.07) is 19.7. The maximum Gasteiger partial charge on any atom is 0.410 e. The van der Waals surface area contributed by atoms with E-state index in [1.54, 1.807) is 0 Å². The maximum atomic E-state index is 13.1. The molecule has 1 unspecified atom stereocenters. The number of ether oxygens (including phenoxy) is 2. The Morgan fingerprint density at radius 2 is 1.76 bits per heavy atom. The average molecular weight is 505 g/mol. The fraction of sp³-hybridized carbons (Fsp3) is 0.375. The molecule has 0 saturated carbocycles. The van der Waals surface area contributed by atoms with E-state index in [-0.39, 0.29) is 24.8 Å². The SMILES string of the molecule is C=C1O[C@H]([C@H](CC)N(Cc2ccccc2)C(=O)OCc2ccccc2)CCC1I. The van der Waals surface area contributed by atoms with Crippen LogP contribution < -0.4 is 0 Å². The van der Waals surface area contributed by atoms with Crippen LogP contribution in [-0.2, 0) is 22.6 Å². The minimum absolute atomic E-state index is 0.0634. The Hall–Kier alpha value is -2.02. The molecule has 2 aromatic rings. The largest absolute Gasteiger partial charge is 0.492 e. The van der Waals surface area contributed by atoms with Crippen LogP contribution in [0.25, 0.3) is 0 Å². The number of carbonyl (C=O) groups excluding carboxylic acids is 1. The van der Waals surface area contributed by atoms with Gasteiger partial charge in [-0.1, -0.05) is 96.8 Å². The van der Waals surface area contributed by atoms with Crippen molar-refractivity contribution >= 4 is 28.7 Å². The molecule has 1 amide bonds. The Labute approximate surface area is 187 Å². The molecule has 1 fully saturated rings. The molecule has 0 radical (unpaired) electrons. The average Bonchev–Trinajstić information content (AvgIpc) is 2.75. The van der Waals surface area contributed by atoms with Crippen molar-refractivity contribution in [1.29, 1.82) is 0 Å². The predicted molar refractivity (Wildman–Crippen MR) is 124 cm³/mol. The van der Waals surface area contributed by atoms with Gasteiger partial charge in [-0.15, -0.1) is 0 Å². The summed E-state index contributed by atoms with van der Waals surface area (Å²) in [6.07, 6.45) is 2.33. The van der Waals surface area contributed by atoms with E-state index in [2.05, 4.69) is 36.1 Å². The van der Waals surface area contributed by atoms with Crippen molar-refractivity contribution in [3.8, 4) is 0 Å². The minimum Gasteiger partial charge on any atom is -0.492 e. The summed E-state index contributed by atoms with van der Waals surface area (Å²) in [5.41, 5.74) is 2.05. The van der Waals surface area contributed by atoms with Crippen LogP contribution in [0.2, 0.25) is 0 Å². The van der Waals surface area contributed by atoms with Gasteiger partial charge in [0.25, 0.3) is 0 Å². The van der Waals surface area contributed by atoms with Crippen molar-refractivity contribution in [2.75, 3.05) is 0 Å². The zero-order valence-corrected chi connectivity index (χ0v) is 19.0. The van der Waals surface area contributed by atoms with Gasteiger partial charge in [0.15, 0.2) is 0 Å². The van der Waals surface area contributed by atoms with Crippen LogP contribution in [0.5, 0.6) is 0 Å². The van der Waals surface area contributed by atoms with Crippen LogP contribution >= 0.6 is 22.6 Å². The molecule has 4 nitrogen and oxygen atoms in total. The molecular weight excluding hydrogens is 477 g/mol. The van der Waals surface area contributed by atoms with Crippen LogP contribution in [0.4, 0.5) is 4.79 Å². The third-order valence-corrected chi connectivity index (χ3v) is 6.56. The topological polar surface area (TPSA) is 38.8 Å². The number of nitrogens with zero attached hydrogens (tertiary/aromatic N) is 1. The highest BCUT2D eigenvalue weighted by Gasteiger charge is 2.35. The molecule has 0 aliphatic carbocycles. The monoisotopic (exact) mass is 505 g/mol. The van der Waals surface area contributed by atoms with Crippen LogP contribution in [0.1, 0.15) is 37.3 Å². The zero-order chi connectivity index (χ0) is 20.6. The summed E-state index contributed by atoms with van der Waals surface area (Å²) >= 11 is 2.37. The second-order valence-corrected chi connectivity index (χ2v) is 8.80. The van der Waals surface area contributed by atoms with Gasteiger partial charge in [0.1, 0.15) is 18.5 Å². The highest BCUT2D eigenvalue weighted by atomic mass is 127. The first-order valence-corrected chi connectivity index (χ1v) is 11.3. The molecule has 0 N–H and O–H groups in total. The Morgan fingerprint density at radius 3 is 2.34 bits per heavy atom. The van der Waals surface area contributed by atoms with Gasteiger partial charge < -0.3 is 9.47 Å². The van der Waals surface area contributed by atoms with E-state index >= 15 is 0 Å². The third kappa shape index (κ3) is 5.98. The van der Waals surface area contributed by atoms with Gasteiger partial charge >= 0.3 is 6.09 Å². The molecule has 3 atom stereocenters. The quantitative estimate of drug-likeness (QED) is 0.337. The number of hydrogen-bond donors (Lipinski definition) is 0. The second kappa shape index (κ2) is 10.7. The number of rotatable bonds is 7. The summed E-state index contributed by atoms with van der Waals surface area (Å²) in [4.78, 5) is 15.0. The molecule has 1 saturated heterocycles. The Bertz CT molecular complexity index is 796. The van der Waals surface area contributed by atoms with Crippen LogP contribution in [0.15, 0.2) is 73.0 Å². The molecule has 0 bridgehead atoms. The Kier molecular flexibility index (Phi) is 7.98. The second-order valence-electron chi connectivity index (χ2n) is 7.30. The van der Waals surface area contributed by atoms with E-state index < -0.39 is 0 Å². The van der Waals surface area contributed by atoms with Crippen molar-refractivity contribution in [3.63, 3.8) is 0 Å². The highest BCUT2D eigenvalue weighted by Crippen LogP contribution is 2.32. The summed E-state index contributed by atoms with van der Waals surface area (Å²) in [5, 5.41) is 0. The fourth-order valence-electron chi connectivity index (χ4n) is 3.65. The summed E-state index contributed by atoms with van der Waals surface area (Å²) in [6.45, 7) is 6.91. The van der Waals surface area contributed by atoms with Crippen LogP contribution in [0, 0.1) is 0 Å². The van der Waals surface area contributed by atoms with Gasteiger partial charge in [0.05, 0.1) is 9.97 Å². The first-order chi connectivity index (χ1) is 14.1. The molecule has 0 aromatic heterocycles. The molecule has 154 valence electrons. The summed E-state index contributed by atoms with van der Waals surface area (Å²) in [7, 11) is 0. The van der Waals surface area contributed by atoms with Crippen molar-refractivity contribution in [2.45, 2.75) is 55.4 Å². The minimum atomic E-state index is -0.310. The van der Waals surface area contributed by atoms with E-state index in [0.717, 1.165) is 36.1 Å². The first-order valence-electron chi connectivity index (χ1n) is 10.1. The third-order valence-electron chi connectivity index (χ3n) is 5.24. The van der Waals surface area contributed by atoms with E-state index in [1.807, 2.05) is 65.6 Å². The van der Waals surface area contributed by atoms with Crippen molar-refractivity contribution in [2.24, 2.45) is 0 Å². The van der Waals surface area contributed by atoms with Gasteiger partial charge in [-0.25, -0.2) is 4.79 Å². The van der Waals surface area contributed by atoms with E-state index in [0.29, 0.717) is 10.5 Å². The number of allylic oxidation sites excluding steroid dienone is 1. The molecule has 0 spiro atoms.